The van der Waals surface area contributed by atoms with Gasteiger partial charge in [0.25, 0.3) is 0 Å². The Labute approximate surface area is 92.6 Å². The van der Waals surface area contributed by atoms with E-state index in [-0.39, 0.29) is 0 Å². The summed E-state index contributed by atoms with van der Waals surface area (Å²) in [5.41, 5.74) is 0. The van der Waals surface area contributed by atoms with Crippen molar-refractivity contribution in [1.82, 2.24) is 4.72 Å². The Bertz CT molecular complexity index is 328. The molecular weight excluding hydrogens is 242 g/mol. The van der Waals surface area contributed by atoms with Crippen molar-refractivity contribution in [2.24, 2.45) is 0 Å². The molecule has 0 saturated heterocycles. The van der Waals surface area contributed by atoms with Crippen LogP contribution in [-0.2, 0) is 14.8 Å². The zero-order valence-corrected chi connectivity index (χ0v) is 9.38. The van der Waals surface area contributed by atoms with Crippen molar-refractivity contribution in [2.75, 3.05) is 19.5 Å². The minimum atomic E-state index is -3.73. The van der Waals surface area contributed by atoms with Crippen LogP contribution in [0.15, 0.2) is 0 Å². The fourth-order valence-corrected chi connectivity index (χ4v) is 1.65. The normalized spacial score (nSPS) is 17.8. The highest BCUT2D eigenvalue weighted by Crippen LogP contribution is 2.00. The first-order chi connectivity index (χ1) is 7.22. The van der Waals surface area contributed by atoms with E-state index in [1.807, 2.05) is 0 Å². The first kappa shape index (κ1) is 15.4. The first-order valence-corrected chi connectivity index (χ1v) is 6.21. The zero-order chi connectivity index (χ0) is 12.9. The lowest BCUT2D eigenvalue weighted by Crippen LogP contribution is -2.51. The molecule has 0 aliphatic heterocycles. The highest BCUT2D eigenvalue weighted by molar-refractivity contribution is 7.88. The predicted molar refractivity (Wildman–Crippen MR) is 53.0 cm³/mol. The molecule has 9 heteroatoms. The lowest BCUT2D eigenvalue weighted by molar-refractivity contribution is -0.137. The van der Waals surface area contributed by atoms with Gasteiger partial charge in [-0.1, -0.05) is 0 Å². The van der Waals surface area contributed by atoms with E-state index in [1.165, 1.54) is 0 Å². The first-order valence-electron chi connectivity index (χ1n) is 4.31. The van der Waals surface area contributed by atoms with Gasteiger partial charge in [-0.25, -0.2) is 13.1 Å². The van der Waals surface area contributed by atoms with Crippen LogP contribution in [0, 0.1) is 0 Å². The van der Waals surface area contributed by atoms with Crippen LogP contribution in [0.5, 0.6) is 0 Å². The van der Waals surface area contributed by atoms with Crippen molar-refractivity contribution in [1.29, 1.82) is 0 Å². The van der Waals surface area contributed by atoms with E-state index in [4.69, 9.17) is 15.3 Å². The molecule has 0 aromatic heterocycles. The minimum absolute atomic E-state index is 0.776. The molecular formula is C7H15NO7S. The second-order valence-electron chi connectivity index (χ2n) is 3.22. The number of hydrogen-bond acceptors (Lipinski definition) is 7. The van der Waals surface area contributed by atoms with Crippen LogP contribution < -0.4 is 4.72 Å². The Balaban J connectivity index is 4.66. The number of rotatable bonds is 7. The summed E-state index contributed by atoms with van der Waals surface area (Å²) < 4.78 is 23.4. The molecule has 0 radical (unpaired) electrons. The summed E-state index contributed by atoms with van der Waals surface area (Å²) in [4.78, 5) is 11.3. The monoisotopic (exact) mass is 257 g/mol. The molecule has 8 nitrogen and oxygen atoms in total. The van der Waals surface area contributed by atoms with Crippen molar-refractivity contribution in [3.8, 4) is 0 Å². The summed E-state index contributed by atoms with van der Waals surface area (Å²) in [6.45, 7) is -1.72. The van der Waals surface area contributed by atoms with Gasteiger partial charge in [-0.3, -0.25) is 4.79 Å². The fraction of sp³-hybridized carbons (Fsp3) is 0.857. The van der Waals surface area contributed by atoms with E-state index >= 15 is 0 Å². The molecule has 0 amide bonds. The lowest BCUT2D eigenvalue weighted by Gasteiger charge is -2.20. The largest absolute Gasteiger partial charge is 0.394 e. The van der Waals surface area contributed by atoms with Crippen LogP contribution in [0.1, 0.15) is 0 Å². The average molecular weight is 257 g/mol. The van der Waals surface area contributed by atoms with Gasteiger partial charge in [0, 0.05) is 0 Å². The van der Waals surface area contributed by atoms with Gasteiger partial charge in [0.2, 0.25) is 10.0 Å². The number of aliphatic hydroxyl groups excluding tert-OH is 4. The molecule has 96 valence electrons. The smallest absolute Gasteiger partial charge is 0.209 e. The third kappa shape index (κ3) is 4.96. The van der Waals surface area contributed by atoms with Crippen LogP contribution in [0.4, 0.5) is 0 Å². The molecule has 5 N–H and O–H groups in total. The second-order valence-corrected chi connectivity index (χ2v) is 5.00. The molecule has 0 aliphatic carbocycles. The van der Waals surface area contributed by atoms with E-state index in [1.54, 1.807) is 4.72 Å². The fourth-order valence-electron chi connectivity index (χ4n) is 0.939. The van der Waals surface area contributed by atoms with Gasteiger partial charge in [0.1, 0.15) is 18.2 Å². The van der Waals surface area contributed by atoms with Gasteiger partial charge >= 0.3 is 0 Å². The Kier molecular flexibility index (Phi) is 6.00. The molecule has 0 rings (SSSR count). The maximum absolute atomic E-state index is 11.3. The summed E-state index contributed by atoms with van der Waals surface area (Å²) in [6.07, 6.45) is -2.91. The number of Topliss-reactive ketones (excluding diaryl/α,β-unsaturated/α-hetero) is 1. The van der Waals surface area contributed by atoms with Crippen molar-refractivity contribution >= 4 is 15.8 Å². The average Bonchev–Trinajstić information content (AvgIpc) is 2.21. The predicted octanol–water partition coefficient (Wildman–Crippen LogP) is -3.82. The molecule has 0 heterocycles. The third-order valence-corrected chi connectivity index (χ3v) is 2.44. The van der Waals surface area contributed by atoms with Crippen molar-refractivity contribution in [2.45, 2.75) is 18.2 Å². The van der Waals surface area contributed by atoms with E-state index in [0.29, 0.717) is 0 Å². The van der Waals surface area contributed by atoms with Gasteiger partial charge in [0.05, 0.1) is 19.5 Å². The van der Waals surface area contributed by atoms with Gasteiger partial charge in [-0.15, -0.1) is 0 Å². The van der Waals surface area contributed by atoms with Gasteiger partial charge in [-0.05, 0) is 0 Å². The number of nitrogens with one attached hydrogen (secondary N) is 1. The molecule has 0 fully saturated rings. The Morgan fingerprint density at radius 2 is 1.75 bits per heavy atom. The van der Waals surface area contributed by atoms with Crippen LogP contribution in [0.2, 0.25) is 0 Å². The number of carbonyl (C=O) groups is 1. The summed E-state index contributed by atoms with van der Waals surface area (Å²) in [6, 6.07) is -1.55. The zero-order valence-electron chi connectivity index (χ0n) is 8.57. The van der Waals surface area contributed by atoms with Gasteiger partial charge in [-0.2, -0.15) is 0 Å². The highest BCUT2D eigenvalue weighted by atomic mass is 32.2. The molecule has 3 atom stereocenters. The third-order valence-electron chi connectivity index (χ3n) is 1.73. The quantitative estimate of drug-likeness (QED) is 0.314. The van der Waals surface area contributed by atoms with Crippen molar-refractivity contribution in [3.63, 3.8) is 0 Å². The summed E-state index contributed by atoms with van der Waals surface area (Å²) in [5.74, 6) is -1.12. The maximum atomic E-state index is 11.3. The number of ketones is 1. The lowest BCUT2D eigenvalue weighted by atomic mass is 10.0. The highest BCUT2D eigenvalue weighted by Gasteiger charge is 2.31. The SMILES string of the molecule is CS(=O)(=O)N[C@@H](CO)C(=O)[C@@H](O)[C@H](O)CO. The van der Waals surface area contributed by atoms with Crippen LogP contribution in [-0.4, -0.2) is 72.3 Å². The van der Waals surface area contributed by atoms with Gasteiger partial charge in [0.15, 0.2) is 5.78 Å². The van der Waals surface area contributed by atoms with Crippen molar-refractivity contribution in [3.05, 3.63) is 0 Å². The van der Waals surface area contributed by atoms with Gasteiger partial charge < -0.3 is 20.4 Å². The number of aliphatic hydroxyl groups is 4. The van der Waals surface area contributed by atoms with E-state index in [0.717, 1.165) is 6.26 Å². The van der Waals surface area contributed by atoms with E-state index in [2.05, 4.69) is 0 Å². The molecule has 0 unspecified atom stereocenters. The van der Waals surface area contributed by atoms with E-state index in [9.17, 15) is 18.3 Å². The standard InChI is InChI=1S/C7H15NO7S/c1-16(14,15)8-4(2-9)6(12)7(13)5(11)3-10/h4-5,7-11,13H,2-3H2,1H3/t4-,5+,7-/m0/s1. The molecule has 0 aromatic carbocycles. The molecule has 16 heavy (non-hydrogen) atoms. The number of hydrogen-bond donors (Lipinski definition) is 5. The molecule has 0 aliphatic rings. The molecule has 0 bridgehead atoms. The van der Waals surface area contributed by atoms with Crippen LogP contribution in [0.3, 0.4) is 0 Å². The minimum Gasteiger partial charge on any atom is -0.394 e. The molecule has 0 aromatic rings. The second kappa shape index (κ2) is 6.23. The summed E-state index contributed by atoms with van der Waals surface area (Å²) in [5, 5.41) is 35.4. The summed E-state index contributed by atoms with van der Waals surface area (Å²) >= 11 is 0. The van der Waals surface area contributed by atoms with Crippen LogP contribution >= 0.6 is 0 Å². The molecule has 0 spiro atoms. The van der Waals surface area contributed by atoms with Crippen molar-refractivity contribution < 1.29 is 33.6 Å². The van der Waals surface area contributed by atoms with E-state index < -0.39 is 47.3 Å². The number of carbonyl (C=O) groups excluding carboxylic acids is 1. The Hall–Kier alpha value is -0.580. The van der Waals surface area contributed by atoms with Crippen LogP contribution in [0.25, 0.3) is 0 Å². The summed E-state index contributed by atoms with van der Waals surface area (Å²) in [7, 11) is -3.73. The number of sulfonamides is 1. The molecule has 0 saturated carbocycles. The Morgan fingerprint density at radius 1 is 1.25 bits per heavy atom. The topological polar surface area (TPSA) is 144 Å². The Morgan fingerprint density at radius 3 is 2.06 bits per heavy atom. The maximum Gasteiger partial charge on any atom is 0.209 e.